The van der Waals surface area contributed by atoms with Gasteiger partial charge in [-0.25, -0.2) is 4.39 Å². The van der Waals surface area contributed by atoms with Crippen LogP contribution in [0.4, 0.5) is 10.1 Å². The Morgan fingerprint density at radius 2 is 2.10 bits per heavy atom. The number of benzene rings is 2. The van der Waals surface area contributed by atoms with E-state index in [0.29, 0.717) is 11.1 Å². The van der Waals surface area contributed by atoms with E-state index in [4.69, 9.17) is 16.3 Å². The molecule has 104 valence electrons. The third kappa shape index (κ3) is 2.88. The zero-order valence-corrected chi connectivity index (χ0v) is 11.4. The van der Waals surface area contributed by atoms with Gasteiger partial charge in [-0.2, -0.15) is 0 Å². The highest BCUT2D eigenvalue weighted by Crippen LogP contribution is 2.33. The quantitative estimate of drug-likeness (QED) is 0.471. The van der Waals surface area contributed by atoms with E-state index in [9.17, 15) is 14.5 Å². The van der Waals surface area contributed by atoms with Gasteiger partial charge in [-0.15, -0.1) is 11.6 Å². The predicted molar refractivity (Wildman–Crippen MR) is 73.9 cm³/mol. The Morgan fingerprint density at radius 1 is 1.35 bits per heavy atom. The molecular formula is C14H11ClFNO3. The maximum Gasteiger partial charge on any atom is 0.273 e. The molecular weight excluding hydrogens is 285 g/mol. The number of halogens is 2. The molecule has 0 unspecified atom stereocenters. The average Bonchev–Trinajstić information content (AvgIpc) is 2.42. The molecule has 0 heterocycles. The highest BCUT2D eigenvalue weighted by atomic mass is 35.5. The van der Waals surface area contributed by atoms with Crippen molar-refractivity contribution in [2.45, 2.75) is 12.8 Å². The number of nitrogens with zero attached hydrogens (tertiary/aromatic N) is 1. The van der Waals surface area contributed by atoms with Gasteiger partial charge in [-0.05, 0) is 24.6 Å². The van der Waals surface area contributed by atoms with Gasteiger partial charge in [0.25, 0.3) is 5.69 Å². The Balaban J connectivity index is 2.44. The molecule has 0 aliphatic carbocycles. The highest BCUT2D eigenvalue weighted by Gasteiger charge is 2.14. The van der Waals surface area contributed by atoms with Crippen LogP contribution in [-0.4, -0.2) is 4.92 Å². The van der Waals surface area contributed by atoms with Gasteiger partial charge in [0.2, 0.25) is 0 Å². The van der Waals surface area contributed by atoms with E-state index in [0.717, 1.165) is 0 Å². The van der Waals surface area contributed by atoms with E-state index >= 15 is 0 Å². The second-order valence-electron chi connectivity index (χ2n) is 4.17. The summed E-state index contributed by atoms with van der Waals surface area (Å²) in [5.74, 6) is -0.253. The van der Waals surface area contributed by atoms with Crippen molar-refractivity contribution >= 4 is 17.3 Å². The van der Waals surface area contributed by atoms with Gasteiger partial charge >= 0.3 is 0 Å². The number of nitro benzene ring substituents is 1. The Morgan fingerprint density at radius 3 is 2.75 bits per heavy atom. The molecule has 0 saturated heterocycles. The number of nitro groups is 1. The van der Waals surface area contributed by atoms with Gasteiger partial charge in [0.1, 0.15) is 5.75 Å². The predicted octanol–water partition coefficient (Wildman–Crippen LogP) is 4.57. The van der Waals surface area contributed by atoms with E-state index in [1.165, 1.54) is 24.3 Å². The van der Waals surface area contributed by atoms with E-state index in [1.807, 2.05) is 0 Å². The lowest BCUT2D eigenvalue weighted by Gasteiger charge is -2.12. The number of ether oxygens (including phenoxy) is 1. The summed E-state index contributed by atoms with van der Waals surface area (Å²) in [6.07, 6.45) is 0. The number of aryl methyl sites for hydroxylation is 1. The number of non-ortho nitro benzene ring substituents is 1. The third-order valence-electron chi connectivity index (χ3n) is 2.79. The van der Waals surface area contributed by atoms with Gasteiger partial charge in [0.05, 0.1) is 16.9 Å². The molecule has 0 atom stereocenters. The van der Waals surface area contributed by atoms with Crippen LogP contribution in [-0.2, 0) is 5.88 Å². The minimum Gasteiger partial charge on any atom is -0.453 e. The lowest BCUT2D eigenvalue weighted by atomic mass is 10.2. The zero-order chi connectivity index (χ0) is 14.7. The molecule has 2 aromatic carbocycles. The Bertz CT molecular complexity index is 661. The maximum atomic E-state index is 13.8. The molecule has 0 N–H and O–H groups in total. The fourth-order valence-corrected chi connectivity index (χ4v) is 1.91. The first-order valence-corrected chi connectivity index (χ1v) is 6.32. The summed E-state index contributed by atoms with van der Waals surface area (Å²) >= 11 is 5.74. The molecule has 2 rings (SSSR count). The molecule has 6 heteroatoms. The molecule has 0 amide bonds. The molecule has 4 nitrogen and oxygen atoms in total. The van der Waals surface area contributed by atoms with Crippen molar-refractivity contribution in [2.24, 2.45) is 0 Å². The smallest absolute Gasteiger partial charge is 0.273 e. The first-order chi connectivity index (χ1) is 9.52. The number of hydrogen-bond acceptors (Lipinski definition) is 3. The van der Waals surface area contributed by atoms with Crippen molar-refractivity contribution in [3.05, 3.63) is 63.5 Å². The maximum absolute atomic E-state index is 13.8. The number of alkyl halides is 1. The normalized spacial score (nSPS) is 10.3. The third-order valence-corrected chi connectivity index (χ3v) is 3.07. The fourth-order valence-electron chi connectivity index (χ4n) is 1.70. The van der Waals surface area contributed by atoms with Crippen molar-refractivity contribution in [1.82, 2.24) is 0 Å². The second-order valence-corrected chi connectivity index (χ2v) is 4.44. The van der Waals surface area contributed by atoms with Gasteiger partial charge < -0.3 is 4.74 Å². The first-order valence-electron chi connectivity index (χ1n) is 5.79. The Hall–Kier alpha value is -2.14. The summed E-state index contributed by atoms with van der Waals surface area (Å²) in [5.41, 5.74) is 1.03. The van der Waals surface area contributed by atoms with E-state index in [2.05, 4.69) is 0 Å². The van der Waals surface area contributed by atoms with E-state index < -0.39 is 10.7 Å². The molecule has 0 aromatic heterocycles. The van der Waals surface area contributed by atoms with Crippen LogP contribution in [0.25, 0.3) is 0 Å². The van der Waals surface area contributed by atoms with Crippen LogP contribution < -0.4 is 4.74 Å². The molecule has 0 fully saturated rings. The summed E-state index contributed by atoms with van der Waals surface area (Å²) in [5, 5.41) is 10.8. The van der Waals surface area contributed by atoms with Crippen LogP contribution in [0.2, 0.25) is 0 Å². The summed E-state index contributed by atoms with van der Waals surface area (Å²) in [6.45, 7) is 1.72. The summed E-state index contributed by atoms with van der Waals surface area (Å²) in [6, 6.07) is 8.59. The van der Waals surface area contributed by atoms with Crippen LogP contribution in [0.15, 0.2) is 36.4 Å². The van der Waals surface area contributed by atoms with Crippen molar-refractivity contribution < 1.29 is 14.1 Å². The van der Waals surface area contributed by atoms with Gasteiger partial charge in [-0.1, -0.05) is 12.1 Å². The highest BCUT2D eigenvalue weighted by molar-refractivity contribution is 6.17. The monoisotopic (exact) mass is 295 g/mol. The fraction of sp³-hybridized carbons (Fsp3) is 0.143. The Kier molecular flexibility index (Phi) is 4.20. The number of para-hydroxylation sites is 1. The van der Waals surface area contributed by atoms with E-state index in [1.54, 1.807) is 19.1 Å². The topological polar surface area (TPSA) is 52.4 Å². The molecule has 20 heavy (non-hydrogen) atoms. The van der Waals surface area contributed by atoms with Crippen molar-refractivity contribution in [3.8, 4) is 11.5 Å². The summed E-state index contributed by atoms with van der Waals surface area (Å²) in [4.78, 5) is 10.2. The SMILES string of the molecule is Cc1ccc([N+](=O)[O-])cc1Oc1c(F)cccc1CCl. The van der Waals surface area contributed by atoms with Gasteiger partial charge in [0.15, 0.2) is 11.6 Å². The zero-order valence-electron chi connectivity index (χ0n) is 10.6. The molecule has 0 radical (unpaired) electrons. The van der Waals surface area contributed by atoms with Gasteiger partial charge in [-0.3, -0.25) is 10.1 Å². The van der Waals surface area contributed by atoms with Crippen LogP contribution in [0, 0.1) is 22.9 Å². The lowest BCUT2D eigenvalue weighted by molar-refractivity contribution is -0.384. The van der Waals surface area contributed by atoms with Gasteiger partial charge in [0, 0.05) is 11.6 Å². The lowest BCUT2D eigenvalue weighted by Crippen LogP contribution is -1.96. The first kappa shape index (κ1) is 14.3. The molecule has 0 bridgehead atoms. The molecule has 0 spiro atoms. The molecule has 0 aliphatic heterocycles. The molecule has 0 saturated carbocycles. The largest absolute Gasteiger partial charge is 0.453 e. The summed E-state index contributed by atoms with van der Waals surface area (Å²) < 4.78 is 19.3. The van der Waals surface area contributed by atoms with Crippen LogP contribution in [0.1, 0.15) is 11.1 Å². The summed E-state index contributed by atoms with van der Waals surface area (Å²) in [7, 11) is 0. The standard InChI is InChI=1S/C14H11ClFNO3/c1-9-5-6-11(17(18)19)7-13(9)20-14-10(8-15)3-2-4-12(14)16/h2-7H,8H2,1H3. The molecule has 2 aromatic rings. The van der Waals surface area contributed by atoms with Crippen molar-refractivity contribution in [2.75, 3.05) is 0 Å². The van der Waals surface area contributed by atoms with Crippen molar-refractivity contribution in [3.63, 3.8) is 0 Å². The van der Waals surface area contributed by atoms with Crippen LogP contribution >= 0.6 is 11.6 Å². The van der Waals surface area contributed by atoms with Crippen molar-refractivity contribution in [1.29, 1.82) is 0 Å². The molecule has 0 aliphatic rings. The van der Waals surface area contributed by atoms with E-state index in [-0.39, 0.29) is 23.1 Å². The van der Waals surface area contributed by atoms with Crippen LogP contribution in [0.5, 0.6) is 11.5 Å². The van der Waals surface area contributed by atoms with Crippen LogP contribution in [0.3, 0.4) is 0 Å². The number of hydrogen-bond donors (Lipinski definition) is 0. The minimum atomic E-state index is -0.561. The average molecular weight is 296 g/mol. The number of rotatable bonds is 4. The minimum absolute atomic E-state index is 0.00824. The second kappa shape index (κ2) is 5.88. The Labute approximate surface area is 119 Å².